The van der Waals surface area contributed by atoms with Crippen LogP contribution in [0.15, 0.2) is 16.9 Å². The molecule has 22 heavy (non-hydrogen) atoms. The predicted octanol–water partition coefficient (Wildman–Crippen LogP) is 0.746. The van der Waals surface area contributed by atoms with Crippen molar-refractivity contribution in [2.45, 2.75) is 19.4 Å². The zero-order valence-electron chi connectivity index (χ0n) is 13.0. The molecule has 2 aliphatic rings. The van der Waals surface area contributed by atoms with Crippen LogP contribution in [-0.4, -0.2) is 41.7 Å². The molecular weight excluding hydrogens is 286 g/mol. The van der Waals surface area contributed by atoms with E-state index in [2.05, 4.69) is 9.97 Å². The number of rotatable bonds is 1. The number of nitrogens with zero attached hydrogens (tertiary/aromatic N) is 2. The summed E-state index contributed by atoms with van der Waals surface area (Å²) in [7, 11) is 0. The fourth-order valence-corrected chi connectivity index (χ4v) is 2.94. The molecule has 1 amide bonds. The second kappa shape index (κ2) is 4.81. The van der Waals surface area contributed by atoms with Crippen LogP contribution in [0.2, 0.25) is 0 Å². The molecule has 3 heterocycles. The van der Waals surface area contributed by atoms with Gasteiger partial charge in [0, 0.05) is 12.7 Å². The molecule has 7 heteroatoms. The SMILES string of the molecule is [2H]c1c2c(cc3nc(C)[nH]c(=O)c13)OCC(=O)N2C1CCOC1. The molecule has 114 valence electrons. The molecule has 0 radical (unpaired) electrons. The van der Waals surface area contributed by atoms with Gasteiger partial charge in [0.2, 0.25) is 0 Å². The number of aromatic amines is 1. The van der Waals surface area contributed by atoms with E-state index in [9.17, 15) is 9.59 Å². The number of carbonyl (C=O) groups excluding carboxylic acids is 1. The Kier molecular flexibility index (Phi) is 2.66. The highest BCUT2D eigenvalue weighted by Gasteiger charge is 2.34. The summed E-state index contributed by atoms with van der Waals surface area (Å²) in [5.74, 6) is 0.652. The van der Waals surface area contributed by atoms with Gasteiger partial charge in [-0.1, -0.05) is 0 Å². The largest absolute Gasteiger partial charge is 0.481 e. The number of fused-ring (bicyclic) bond motifs is 2. The molecule has 0 aliphatic carbocycles. The fraction of sp³-hybridized carbons (Fsp3) is 0.400. The highest BCUT2D eigenvalue weighted by molar-refractivity contribution is 6.01. The maximum Gasteiger partial charge on any atom is 0.265 e. The maximum atomic E-state index is 12.3. The van der Waals surface area contributed by atoms with Crippen LogP contribution in [0, 0.1) is 6.92 Å². The van der Waals surface area contributed by atoms with Crippen LogP contribution in [0.25, 0.3) is 10.9 Å². The van der Waals surface area contributed by atoms with Crippen molar-refractivity contribution in [3.63, 3.8) is 0 Å². The molecule has 1 saturated heterocycles. The van der Waals surface area contributed by atoms with E-state index in [1.807, 2.05) is 0 Å². The van der Waals surface area contributed by atoms with Gasteiger partial charge in [-0.3, -0.25) is 9.59 Å². The molecule has 7 nitrogen and oxygen atoms in total. The van der Waals surface area contributed by atoms with E-state index in [-0.39, 0.29) is 35.5 Å². The Balaban J connectivity index is 1.99. The summed E-state index contributed by atoms with van der Waals surface area (Å²) in [5.41, 5.74) is 0.341. The number of carbonyl (C=O) groups is 1. The number of nitrogens with one attached hydrogen (secondary N) is 1. The van der Waals surface area contributed by atoms with Gasteiger partial charge in [0.25, 0.3) is 11.5 Å². The first-order chi connectivity index (χ1) is 11.1. The molecule has 0 spiro atoms. The minimum Gasteiger partial charge on any atom is -0.481 e. The maximum absolute atomic E-state index is 12.3. The summed E-state index contributed by atoms with van der Waals surface area (Å²) in [6, 6.07) is 1.45. The average Bonchev–Trinajstić information content (AvgIpc) is 3.01. The molecule has 1 aromatic heterocycles. The van der Waals surface area contributed by atoms with Crippen LogP contribution >= 0.6 is 0 Å². The molecule has 1 N–H and O–H groups in total. The topological polar surface area (TPSA) is 84.5 Å². The van der Waals surface area contributed by atoms with Crippen molar-refractivity contribution in [2.24, 2.45) is 0 Å². The van der Waals surface area contributed by atoms with E-state index in [0.29, 0.717) is 42.4 Å². The van der Waals surface area contributed by atoms with Gasteiger partial charge in [-0.15, -0.1) is 0 Å². The second-order valence-electron chi connectivity index (χ2n) is 5.46. The molecule has 1 atom stereocenters. The Labute approximate surface area is 127 Å². The van der Waals surface area contributed by atoms with Gasteiger partial charge in [-0.05, 0) is 19.4 Å². The van der Waals surface area contributed by atoms with Gasteiger partial charge in [-0.2, -0.15) is 0 Å². The lowest BCUT2D eigenvalue weighted by Gasteiger charge is -2.33. The van der Waals surface area contributed by atoms with E-state index in [4.69, 9.17) is 10.8 Å². The number of hydrogen-bond donors (Lipinski definition) is 1. The van der Waals surface area contributed by atoms with Gasteiger partial charge in [0.15, 0.2) is 6.61 Å². The first-order valence-electron chi connectivity index (χ1n) is 7.63. The molecule has 4 rings (SSSR count). The molecule has 1 unspecified atom stereocenters. The van der Waals surface area contributed by atoms with E-state index >= 15 is 0 Å². The summed E-state index contributed by atoms with van der Waals surface area (Å²) in [6.45, 7) is 2.59. The lowest BCUT2D eigenvalue weighted by Crippen LogP contribution is -2.46. The third-order valence-electron chi connectivity index (χ3n) is 3.94. The quantitative estimate of drug-likeness (QED) is 0.840. The minimum atomic E-state index is -0.388. The van der Waals surface area contributed by atoms with Crippen molar-refractivity contribution < 1.29 is 15.6 Å². The normalized spacial score (nSPS) is 21.7. The van der Waals surface area contributed by atoms with Crippen LogP contribution in [0.1, 0.15) is 13.6 Å². The zero-order chi connectivity index (χ0) is 16.1. The molecular formula is C15H15N3O4. The number of amides is 1. The number of ether oxygens (including phenoxy) is 2. The second-order valence-corrected chi connectivity index (χ2v) is 5.46. The third kappa shape index (κ3) is 1.97. The average molecular weight is 302 g/mol. The van der Waals surface area contributed by atoms with Crippen LogP contribution < -0.4 is 15.2 Å². The number of aryl methyl sites for hydroxylation is 1. The summed E-state index contributed by atoms with van der Waals surface area (Å²) in [5, 5.41) is 0.163. The molecule has 1 fully saturated rings. The van der Waals surface area contributed by atoms with Gasteiger partial charge >= 0.3 is 0 Å². The molecule has 2 aliphatic heterocycles. The number of anilines is 1. The monoisotopic (exact) mass is 302 g/mol. The van der Waals surface area contributed by atoms with Crippen molar-refractivity contribution in [2.75, 3.05) is 24.7 Å². The van der Waals surface area contributed by atoms with Crippen LogP contribution in [0.3, 0.4) is 0 Å². The van der Waals surface area contributed by atoms with E-state index < -0.39 is 0 Å². The van der Waals surface area contributed by atoms with Gasteiger partial charge < -0.3 is 19.4 Å². The standard InChI is InChI=1S/C15H15N3O4/c1-8-16-11-5-13-12(4-10(11)15(20)17-8)18(14(19)7-22-13)9-2-3-21-6-9/h4-5,9H,2-3,6-7H2,1H3,(H,16,17,20)/i4D. The predicted molar refractivity (Wildman–Crippen MR) is 79.3 cm³/mol. The summed E-state index contributed by atoms with van der Waals surface area (Å²) in [6.07, 6.45) is 0.700. The molecule has 0 saturated carbocycles. The molecule has 0 bridgehead atoms. The van der Waals surface area contributed by atoms with E-state index in [0.717, 1.165) is 0 Å². The summed E-state index contributed by atoms with van der Waals surface area (Å²) >= 11 is 0. The summed E-state index contributed by atoms with van der Waals surface area (Å²) in [4.78, 5) is 33.0. The smallest absolute Gasteiger partial charge is 0.265 e. The summed E-state index contributed by atoms with van der Waals surface area (Å²) < 4.78 is 19.3. The van der Waals surface area contributed by atoms with Crippen LogP contribution in [0.4, 0.5) is 5.69 Å². The lowest BCUT2D eigenvalue weighted by molar-refractivity contribution is -0.121. The van der Waals surface area contributed by atoms with E-state index in [1.165, 1.54) is 0 Å². The Hall–Kier alpha value is -2.41. The van der Waals surface area contributed by atoms with Crippen molar-refractivity contribution >= 4 is 22.5 Å². The van der Waals surface area contributed by atoms with Crippen molar-refractivity contribution in [3.8, 4) is 5.75 Å². The fourth-order valence-electron chi connectivity index (χ4n) is 2.94. The Morgan fingerprint density at radius 3 is 3.14 bits per heavy atom. The Morgan fingerprint density at radius 1 is 1.50 bits per heavy atom. The van der Waals surface area contributed by atoms with Crippen LogP contribution in [0.5, 0.6) is 5.75 Å². The van der Waals surface area contributed by atoms with Crippen LogP contribution in [-0.2, 0) is 9.53 Å². The Morgan fingerprint density at radius 2 is 2.36 bits per heavy atom. The van der Waals surface area contributed by atoms with Gasteiger partial charge in [-0.25, -0.2) is 4.98 Å². The number of aromatic nitrogens is 2. The first-order valence-corrected chi connectivity index (χ1v) is 7.13. The lowest BCUT2D eigenvalue weighted by atomic mass is 10.1. The molecule has 2 aromatic rings. The van der Waals surface area contributed by atoms with Crippen molar-refractivity contribution in [3.05, 3.63) is 28.3 Å². The Bertz CT molecular complexity index is 873. The van der Waals surface area contributed by atoms with Gasteiger partial charge in [0.1, 0.15) is 11.6 Å². The number of hydrogen-bond acceptors (Lipinski definition) is 5. The number of H-pyrrole nitrogens is 1. The zero-order valence-corrected chi connectivity index (χ0v) is 12.0. The number of benzene rings is 1. The minimum absolute atomic E-state index is 0.0359. The van der Waals surface area contributed by atoms with Crippen molar-refractivity contribution in [1.29, 1.82) is 0 Å². The third-order valence-corrected chi connectivity index (χ3v) is 3.94. The van der Waals surface area contributed by atoms with Crippen molar-refractivity contribution in [1.82, 2.24) is 9.97 Å². The highest BCUT2D eigenvalue weighted by atomic mass is 16.5. The van der Waals surface area contributed by atoms with Gasteiger partial charge in [0.05, 0.1) is 30.6 Å². The highest BCUT2D eigenvalue weighted by Crippen LogP contribution is 2.37. The molecule has 1 aromatic carbocycles. The van der Waals surface area contributed by atoms with E-state index in [1.54, 1.807) is 17.9 Å². The first kappa shape index (κ1) is 12.2.